The molecule has 0 unspecified atom stereocenters. The Bertz CT molecular complexity index is 397. The summed E-state index contributed by atoms with van der Waals surface area (Å²) in [4.78, 5) is 14.4. The Morgan fingerprint density at radius 3 is 2.50 bits per heavy atom. The molecule has 0 bridgehead atoms. The molecule has 0 heterocycles. The Morgan fingerprint density at radius 1 is 1.33 bits per heavy atom. The van der Waals surface area contributed by atoms with Crippen LogP contribution in [0.3, 0.4) is 0 Å². The van der Waals surface area contributed by atoms with E-state index in [0.29, 0.717) is 6.54 Å². The van der Waals surface area contributed by atoms with Crippen molar-refractivity contribution in [3.05, 3.63) is 34.3 Å². The van der Waals surface area contributed by atoms with Crippen LogP contribution in [0.2, 0.25) is 0 Å². The zero-order valence-corrected chi connectivity index (χ0v) is 12.4. The largest absolute Gasteiger partial charge is 0.296 e. The number of ketones is 1. The van der Waals surface area contributed by atoms with Crippen molar-refractivity contribution in [2.24, 2.45) is 5.92 Å². The van der Waals surface area contributed by atoms with E-state index in [9.17, 15) is 4.79 Å². The molecule has 0 radical (unpaired) electrons. The third-order valence-corrected chi connectivity index (χ3v) is 4.25. The summed E-state index contributed by atoms with van der Waals surface area (Å²) < 4.78 is 1.01. The van der Waals surface area contributed by atoms with E-state index in [1.165, 1.54) is 19.3 Å². The molecule has 1 aliphatic carbocycles. The van der Waals surface area contributed by atoms with Gasteiger partial charge in [-0.1, -0.05) is 41.4 Å². The van der Waals surface area contributed by atoms with Gasteiger partial charge >= 0.3 is 0 Å². The van der Waals surface area contributed by atoms with E-state index in [2.05, 4.69) is 27.8 Å². The molecule has 0 amide bonds. The Kier molecular flexibility index (Phi) is 4.95. The summed E-state index contributed by atoms with van der Waals surface area (Å²) in [6.45, 7) is 4.72. The number of nitrogens with zero attached hydrogens (tertiary/aromatic N) is 1. The van der Waals surface area contributed by atoms with Gasteiger partial charge < -0.3 is 0 Å². The van der Waals surface area contributed by atoms with Gasteiger partial charge in [-0.2, -0.15) is 0 Å². The van der Waals surface area contributed by atoms with E-state index in [1.54, 1.807) is 0 Å². The first-order chi connectivity index (χ1) is 8.69. The standard InChI is InChI=1S/C15H20BrNO/c1-2-17(10-12-4-3-5-12)11-15(18)13-6-8-14(16)9-7-13/h6-9,12H,2-5,10-11H2,1H3. The number of carbonyl (C=O) groups is 1. The molecule has 1 aromatic rings. The first-order valence-corrected chi connectivity index (χ1v) is 7.49. The Balaban J connectivity index is 1.89. The maximum absolute atomic E-state index is 12.2. The van der Waals surface area contributed by atoms with Crippen molar-refractivity contribution in [2.45, 2.75) is 26.2 Å². The molecule has 0 N–H and O–H groups in total. The molecule has 1 aliphatic rings. The minimum absolute atomic E-state index is 0.226. The van der Waals surface area contributed by atoms with Crippen LogP contribution in [0.15, 0.2) is 28.7 Å². The van der Waals surface area contributed by atoms with Crippen LogP contribution in [0.25, 0.3) is 0 Å². The second-order valence-electron chi connectivity index (χ2n) is 5.05. The lowest BCUT2D eigenvalue weighted by Crippen LogP contribution is -2.36. The molecule has 98 valence electrons. The Labute approximate surface area is 117 Å². The number of hydrogen-bond acceptors (Lipinski definition) is 2. The molecule has 0 saturated heterocycles. The zero-order valence-electron chi connectivity index (χ0n) is 10.9. The molecule has 0 atom stereocenters. The summed E-state index contributed by atoms with van der Waals surface area (Å²) in [6.07, 6.45) is 4.04. The molecule has 1 fully saturated rings. The highest BCUT2D eigenvalue weighted by molar-refractivity contribution is 9.10. The van der Waals surface area contributed by atoms with E-state index in [-0.39, 0.29) is 5.78 Å². The second kappa shape index (κ2) is 6.48. The molecular weight excluding hydrogens is 290 g/mol. The molecule has 1 aromatic carbocycles. The average molecular weight is 310 g/mol. The molecule has 0 aliphatic heterocycles. The number of halogens is 1. The van der Waals surface area contributed by atoms with Gasteiger partial charge in [0.2, 0.25) is 0 Å². The zero-order chi connectivity index (χ0) is 13.0. The first kappa shape index (κ1) is 13.8. The highest BCUT2D eigenvalue weighted by atomic mass is 79.9. The summed E-state index contributed by atoms with van der Waals surface area (Å²) in [5, 5.41) is 0. The molecule has 2 nitrogen and oxygen atoms in total. The van der Waals surface area contributed by atoms with Gasteiger partial charge in [0.25, 0.3) is 0 Å². The summed E-state index contributed by atoms with van der Waals surface area (Å²) in [5.74, 6) is 1.05. The lowest BCUT2D eigenvalue weighted by molar-refractivity contribution is 0.0905. The molecule has 0 spiro atoms. The first-order valence-electron chi connectivity index (χ1n) is 6.70. The number of hydrogen-bond donors (Lipinski definition) is 0. The van der Waals surface area contributed by atoms with Gasteiger partial charge in [0, 0.05) is 16.6 Å². The SMILES string of the molecule is CCN(CC(=O)c1ccc(Br)cc1)CC1CCC1. The molecule has 3 heteroatoms. The van der Waals surface area contributed by atoms with Crippen molar-refractivity contribution in [2.75, 3.05) is 19.6 Å². The predicted molar refractivity (Wildman–Crippen MR) is 77.9 cm³/mol. The monoisotopic (exact) mass is 309 g/mol. The molecule has 18 heavy (non-hydrogen) atoms. The number of rotatable bonds is 6. The average Bonchev–Trinajstić information content (AvgIpc) is 2.32. The van der Waals surface area contributed by atoms with E-state index in [1.807, 2.05) is 24.3 Å². The van der Waals surface area contributed by atoms with Crippen LogP contribution in [0.4, 0.5) is 0 Å². The maximum atomic E-state index is 12.2. The van der Waals surface area contributed by atoms with Gasteiger partial charge in [-0.3, -0.25) is 9.69 Å². The molecular formula is C15H20BrNO. The third kappa shape index (κ3) is 3.66. The number of likely N-dealkylation sites (N-methyl/N-ethyl adjacent to an activating group) is 1. The van der Waals surface area contributed by atoms with Crippen molar-refractivity contribution >= 4 is 21.7 Å². The molecule has 2 rings (SSSR count). The second-order valence-corrected chi connectivity index (χ2v) is 5.97. The lowest BCUT2D eigenvalue weighted by Gasteiger charge is -2.31. The van der Waals surface area contributed by atoms with Crippen LogP contribution in [0, 0.1) is 5.92 Å². The van der Waals surface area contributed by atoms with Gasteiger partial charge in [-0.25, -0.2) is 0 Å². The van der Waals surface area contributed by atoms with Gasteiger partial charge in [0.15, 0.2) is 5.78 Å². The molecule has 0 aromatic heterocycles. The highest BCUT2D eigenvalue weighted by Crippen LogP contribution is 2.27. The Hall–Kier alpha value is -0.670. The van der Waals surface area contributed by atoms with Gasteiger partial charge in [-0.15, -0.1) is 0 Å². The van der Waals surface area contributed by atoms with E-state index < -0.39 is 0 Å². The summed E-state index contributed by atoms with van der Waals surface area (Å²) >= 11 is 3.39. The topological polar surface area (TPSA) is 20.3 Å². The van der Waals surface area contributed by atoms with E-state index >= 15 is 0 Å². The van der Waals surface area contributed by atoms with Crippen molar-refractivity contribution in [3.8, 4) is 0 Å². The summed E-state index contributed by atoms with van der Waals surface area (Å²) in [7, 11) is 0. The van der Waals surface area contributed by atoms with Crippen molar-refractivity contribution in [1.82, 2.24) is 4.90 Å². The van der Waals surface area contributed by atoms with Crippen molar-refractivity contribution in [1.29, 1.82) is 0 Å². The minimum atomic E-state index is 0.226. The fourth-order valence-corrected chi connectivity index (χ4v) is 2.54. The number of benzene rings is 1. The van der Waals surface area contributed by atoms with E-state index in [0.717, 1.165) is 29.0 Å². The van der Waals surface area contributed by atoms with Crippen LogP contribution >= 0.6 is 15.9 Å². The van der Waals surface area contributed by atoms with Crippen LogP contribution in [0.5, 0.6) is 0 Å². The minimum Gasteiger partial charge on any atom is -0.296 e. The van der Waals surface area contributed by atoms with Gasteiger partial charge in [-0.05, 0) is 37.4 Å². The quantitative estimate of drug-likeness (QED) is 0.746. The van der Waals surface area contributed by atoms with Crippen molar-refractivity contribution < 1.29 is 4.79 Å². The van der Waals surface area contributed by atoms with Gasteiger partial charge in [0.1, 0.15) is 0 Å². The van der Waals surface area contributed by atoms with Crippen LogP contribution < -0.4 is 0 Å². The smallest absolute Gasteiger partial charge is 0.176 e. The van der Waals surface area contributed by atoms with Crippen LogP contribution in [-0.2, 0) is 0 Å². The number of carbonyl (C=O) groups excluding carboxylic acids is 1. The molecule has 1 saturated carbocycles. The third-order valence-electron chi connectivity index (χ3n) is 3.72. The fourth-order valence-electron chi connectivity index (χ4n) is 2.28. The predicted octanol–water partition coefficient (Wildman–Crippen LogP) is 3.75. The van der Waals surface area contributed by atoms with Crippen molar-refractivity contribution in [3.63, 3.8) is 0 Å². The van der Waals surface area contributed by atoms with Gasteiger partial charge in [0.05, 0.1) is 6.54 Å². The highest BCUT2D eigenvalue weighted by Gasteiger charge is 2.21. The lowest BCUT2D eigenvalue weighted by atomic mass is 9.85. The van der Waals surface area contributed by atoms with Crippen LogP contribution in [0.1, 0.15) is 36.5 Å². The maximum Gasteiger partial charge on any atom is 0.176 e. The normalized spacial score (nSPS) is 15.7. The summed E-state index contributed by atoms with van der Waals surface area (Å²) in [6, 6.07) is 7.64. The Morgan fingerprint density at radius 2 is 2.00 bits per heavy atom. The van der Waals surface area contributed by atoms with E-state index in [4.69, 9.17) is 0 Å². The number of Topliss-reactive ketones (excluding diaryl/α,β-unsaturated/α-hetero) is 1. The van der Waals surface area contributed by atoms with Crippen LogP contribution in [-0.4, -0.2) is 30.3 Å². The summed E-state index contributed by atoms with van der Waals surface area (Å²) in [5.41, 5.74) is 0.810. The fraction of sp³-hybridized carbons (Fsp3) is 0.533.